The van der Waals surface area contributed by atoms with Crippen LogP contribution in [0.1, 0.15) is 133 Å². The normalized spacial score (nSPS) is 42.5. The lowest BCUT2D eigenvalue weighted by atomic mass is 9.72. The predicted molar refractivity (Wildman–Crippen MR) is 222 cm³/mol. The molecule has 59 heavy (non-hydrogen) atoms. The second kappa shape index (κ2) is 19.3. The molecule has 4 saturated heterocycles. The van der Waals surface area contributed by atoms with E-state index in [0.29, 0.717) is 57.8 Å². The van der Waals surface area contributed by atoms with Crippen LogP contribution in [-0.4, -0.2) is 111 Å². The SMILES string of the molecule is CC[C@@H](C(=O)[C@@H](C)[C@@H](O)[C@H](C)[C@@H]1O[C@@H]([C@@H](CC)C(=O)O)CC[C@@H]1C)[C@H]1O[C@]2(C=CC(NC(=O)OCCCl)[C@]3(CC[C@@](C)([C@H]4CC[C@](O)(CC)[C@H](C)O4)O3)O2)[C@H](C)C[C@@H]1C. The number of carbonyl (C=O) groups excluding carboxylic acids is 2. The predicted octanol–water partition coefficient (Wildman–Crippen LogP) is 7.16. The standard InChI is InChI=1S/C45H74ClNO12/c1-11-31(40(50)51)33-15-14-25(4)38(56-33)29(8)36(48)28(7)37(49)32(12-2)39-26(5)24-27(6)44(57-39)19-16-34(47-41(52)54-23-22-46)45(59-44)21-20-42(10,58-45)35-17-18-43(53,13-3)30(9)55-35/h16,19,25-36,38-39,48,53H,11-15,17-18,20-24H2,1-10H3,(H,47,52)(H,50,51)/t25-,26-,27+,28-,29-,30-,31+,32-,33+,34?,35+,36+,38+,39-,42-,43+,44-,45-/m0/s1. The summed E-state index contributed by atoms with van der Waals surface area (Å²) in [6.45, 7) is 19.5. The summed E-state index contributed by atoms with van der Waals surface area (Å²) in [4.78, 5) is 39.6. The molecule has 0 saturated carbocycles. The number of hydrogen-bond donors (Lipinski definition) is 4. The van der Waals surface area contributed by atoms with Crippen molar-refractivity contribution < 1.29 is 58.1 Å². The van der Waals surface area contributed by atoms with Gasteiger partial charge < -0.3 is 49.1 Å². The number of amides is 1. The molecule has 338 valence electrons. The summed E-state index contributed by atoms with van der Waals surface area (Å²) >= 11 is 5.82. The summed E-state index contributed by atoms with van der Waals surface area (Å²) in [6.07, 6.45) is 5.52. The number of aliphatic hydroxyl groups is 2. The molecule has 5 heterocycles. The molecule has 13 nitrogen and oxygen atoms in total. The minimum Gasteiger partial charge on any atom is -0.481 e. The van der Waals surface area contributed by atoms with Crippen LogP contribution in [0.2, 0.25) is 0 Å². The van der Waals surface area contributed by atoms with E-state index in [4.69, 9.17) is 40.0 Å². The van der Waals surface area contributed by atoms with Crippen LogP contribution in [0.3, 0.4) is 0 Å². The third kappa shape index (κ3) is 9.72. The molecule has 0 aromatic carbocycles. The average Bonchev–Trinajstić information content (AvgIpc) is 3.54. The first-order valence-electron chi connectivity index (χ1n) is 22.5. The van der Waals surface area contributed by atoms with E-state index in [1.54, 1.807) is 6.92 Å². The van der Waals surface area contributed by atoms with Crippen LogP contribution in [0.5, 0.6) is 0 Å². The van der Waals surface area contributed by atoms with E-state index in [1.807, 2.05) is 53.7 Å². The van der Waals surface area contributed by atoms with Crippen molar-refractivity contribution in [3.8, 4) is 0 Å². The van der Waals surface area contributed by atoms with Gasteiger partial charge in [0.05, 0.1) is 59.6 Å². The van der Waals surface area contributed by atoms with E-state index in [1.165, 1.54) is 0 Å². The van der Waals surface area contributed by atoms with Gasteiger partial charge in [-0.15, -0.1) is 11.6 Å². The van der Waals surface area contributed by atoms with Gasteiger partial charge in [-0.2, -0.15) is 0 Å². The van der Waals surface area contributed by atoms with Crippen molar-refractivity contribution in [3.63, 3.8) is 0 Å². The molecular weight excluding hydrogens is 782 g/mol. The Labute approximate surface area is 356 Å². The number of alkyl carbamates (subject to hydrolysis) is 1. The number of aliphatic carboxylic acids is 1. The number of hydrogen-bond acceptors (Lipinski definition) is 11. The van der Waals surface area contributed by atoms with Gasteiger partial charge in [-0.1, -0.05) is 61.5 Å². The van der Waals surface area contributed by atoms with Gasteiger partial charge in [0.25, 0.3) is 0 Å². The Kier molecular flexibility index (Phi) is 15.7. The Morgan fingerprint density at radius 1 is 0.932 bits per heavy atom. The van der Waals surface area contributed by atoms with Crippen LogP contribution in [-0.2, 0) is 38.0 Å². The number of nitrogens with one attached hydrogen (secondary N) is 1. The number of alkyl halides is 1. The van der Waals surface area contributed by atoms with Gasteiger partial charge >= 0.3 is 12.1 Å². The van der Waals surface area contributed by atoms with E-state index < -0.39 is 95.1 Å². The first-order chi connectivity index (χ1) is 27.7. The monoisotopic (exact) mass is 855 g/mol. The highest BCUT2D eigenvalue weighted by atomic mass is 35.5. The molecule has 0 aromatic rings. The highest BCUT2D eigenvalue weighted by Crippen LogP contribution is 2.54. The Balaban J connectivity index is 1.38. The maximum Gasteiger partial charge on any atom is 0.407 e. The average molecular weight is 857 g/mol. The van der Waals surface area contributed by atoms with Crippen molar-refractivity contribution in [1.29, 1.82) is 0 Å². The molecule has 5 aliphatic rings. The molecule has 2 spiro atoms. The number of rotatable bonds is 15. The summed E-state index contributed by atoms with van der Waals surface area (Å²) < 4.78 is 39.5. The molecule has 1 amide bonds. The Morgan fingerprint density at radius 3 is 2.24 bits per heavy atom. The smallest absolute Gasteiger partial charge is 0.407 e. The maximum absolute atomic E-state index is 14.6. The highest BCUT2D eigenvalue weighted by Gasteiger charge is 2.63. The molecule has 4 fully saturated rings. The molecule has 5 rings (SSSR count). The number of ketones is 1. The van der Waals surface area contributed by atoms with Gasteiger partial charge in [0, 0.05) is 30.1 Å². The van der Waals surface area contributed by atoms with Crippen LogP contribution in [0.15, 0.2) is 12.2 Å². The second-order valence-electron chi connectivity index (χ2n) is 18.9. The molecule has 18 atom stereocenters. The van der Waals surface area contributed by atoms with Crippen molar-refractivity contribution in [2.45, 2.75) is 199 Å². The van der Waals surface area contributed by atoms with Gasteiger partial charge in [0.1, 0.15) is 18.4 Å². The summed E-state index contributed by atoms with van der Waals surface area (Å²) in [6, 6.07) is -0.757. The lowest BCUT2D eigenvalue weighted by Crippen LogP contribution is -2.65. The fourth-order valence-corrected chi connectivity index (χ4v) is 11.0. The van der Waals surface area contributed by atoms with Gasteiger partial charge in [-0.25, -0.2) is 4.79 Å². The molecule has 1 unspecified atom stereocenters. The van der Waals surface area contributed by atoms with Crippen molar-refractivity contribution in [2.75, 3.05) is 12.5 Å². The number of carbonyl (C=O) groups is 3. The minimum atomic E-state index is -1.38. The zero-order valence-corrected chi connectivity index (χ0v) is 37.9. The van der Waals surface area contributed by atoms with Crippen molar-refractivity contribution in [2.24, 2.45) is 41.4 Å². The summed E-state index contributed by atoms with van der Waals surface area (Å²) in [5, 5.41) is 35.8. The van der Waals surface area contributed by atoms with Gasteiger partial charge in [0.15, 0.2) is 11.6 Å². The number of carboxylic acid groups (broad SMARTS) is 1. The number of Topliss-reactive ketones (excluding diaryl/α,β-unsaturated/α-hetero) is 1. The van der Waals surface area contributed by atoms with Crippen LogP contribution in [0, 0.1) is 41.4 Å². The van der Waals surface area contributed by atoms with Crippen LogP contribution in [0.4, 0.5) is 4.79 Å². The molecule has 0 aromatic heterocycles. The zero-order valence-electron chi connectivity index (χ0n) is 37.1. The first-order valence-corrected chi connectivity index (χ1v) is 23.0. The van der Waals surface area contributed by atoms with Gasteiger partial charge in [-0.3, -0.25) is 9.59 Å². The van der Waals surface area contributed by atoms with E-state index in [-0.39, 0.29) is 42.1 Å². The van der Waals surface area contributed by atoms with Gasteiger partial charge in [0.2, 0.25) is 0 Å². The van der Waals surface area contributed by atoms with E-state index in [9.17, 15) is 29.7 Å². The summed E-state index contributed by atoms with van der Waals surface area (Å²) in [7, 11) is 0. The minimum absolute atomic E-state index is 0.0314. The lowest BCUT2D eigenvalue weighted by molar-refractivity contribution is -0.398. The van der Waals surface area contributed by atoms with Crippen LogP contribution >= 0.6 is 11.6 Å². The number of aliphatic hydroxyl groups excluding tert-OH is 1. The van der Waals surface area contributed by atoms with E-state index >= 15 is 0 Å². The quantitative estimate of drug-likeness (QED) is 0.0967. The molecular formula is C45H74ClNO12. The molecule has 0 bridgehead atoms. The summed E-state index contributed by atoms with van der Waals surface area (Å²) in [5.74, 6) is -6.02. The highest BCUT2D eigenvalue weighted by molar-refractivity contribution is 6.18. The lowest BCUT2D eigenvalue weighted by Gasteiger charge is -2.55. The van der Waals surface area contributed by atoms with E-state index in [2.05, 4.69) is 26.1 Å². The van der Waals surface area contributed by atoms with Crippen molar-refractivity contribution in [1.82, 2.24) is 5.32 Å². The van der Waals surface area contributed by atoms with Crippen molar-refractivity contribution >= 4 is 29.4 Å². The summed E-state index contributed by atoms with van der Waals surface area (Å²) in [5.41, 5.74) is -1.75. The topological polar surface area (TPSA) is 179 Å². The van der Waals surface area contributed by atoms with E-state index in [0.717, 1.165) is 6.42 Å². The maximum atomic E-state index is 14.6. The molecule has 14 heteroatoms. The molecule has 0 radical (unpaired) electrons. The fraction of sp³-hybridized carbons (Fsp3) is 0.889. The van der Waals surface area contributed by atoms with Crippen LogP contribution < -0.4 is 5.32 Å². The number of halogens is 1. The number of ether oxygens (including phenoxy) is 6. The first kappa shape index (κ1) is 48.2. The van der Waals surface area contributed by atoms with Crippen LogP contribution in [0.25, 0.3) is 0 Å². The Morgan fingerprint density at radius 2 is 1.63 bits per heavy atom. The molecule has 0 aliphatic carbocycles. The third-order valence-electron chi connectivity index (χ3n) is 15.1. The largest absolute Gasteiger partial charge is 0.481 e. The Hall–Kier alpha value is -1.84. The fourth-order valence-electron chi connectivity index (χ4n) is 11.0. The zero-order chi connectivity index (χ0) is 43.7. The Bertz CT molecular complexity index is 1500. The molecule has 5 aliphatic heterocycles. The second-order valence-corrected chi connectivity index (χ2v) is 19.3. The molecule has 4 N–H and O–H groups in total. The number of carboxylic acids is 1. The van der Waals surface area contributed by atoms with Crippen molar-refractivity contribution in [3.05, 3.63) is 12.2 Å². The third-order valence-corrected chi connectivity index (χ3v) is 15.2. The van der Waals surface area contributed by atoms with Gasteiger partial charge in [-0.05, 0) is 89.5 Å².